The van der Waals surface area contributed by atoms with Crippen molar-refractivity contribution in [3.05, 3.63) is 29.8 Å². The molecule has 0 spiro atoms. The first-order chi connectivity index (χ1) is 10.6. The summed E-state index contributed by atoms with van der Waals surface area (Å²) in [7, 11) is 0. The van der Waals surface area contributed by atoms with E-state index in [1.807, 2.05) is 31.2 Å². The summed E-state index contributed by atoms with van der Waals surface area (Å²) in [6.45, 7) is 4.45. The van der Waals surface area contributed by atoms with E-state index in [-0.39, 0.29) is 36.2 Å². The van der Waals surface area contributed by atoms with Gasteiger partial charge in [0.2, 0.25) is 11.8 Å². The van der Waals surface area contributed by atoms with Gasteiger partial charge in [-0.1, -0.05) is 17.7 Å². The molecule has 2 aliphatic heterocycles. The van der Waals surface area contributed by atoms with Gasteiger partial charge in [-0.2, -0.15) is 0 Å². The van der Waals surface area contributed by atoms with Crippen molar-refractivity contribution in [1.82, 2.24) is 10.6 Å². The first-order valence-corrected chi connectivity index (χ1v) is 8.04. The number of benzene rings is 1. The number of piperidine rings is 1. The number of halogens is 1. The number of carbonyl (C=O) groups excluding carboxylic acids is 2. The zero-order valence-electron chi connectivity index (χ0n) is 13.4. The summed E-state index contributed by atoms with van der Waals surface area (Å²) in [5, 5.41) is 6.20. The molecular weight excluding hydrogens is 314 g/mol. The van der Waals surface area contributed by atoms with Gasteiger partial charge in [-0.3, -0.25) is 9.59 Å². The number of nitrogens with one attached hydrogen (secondary N) is 2. The zero-order valence-corrected chi connectivity index (χ0v) is 14.2. The molecule has 0 aliphatic carbocycles. The summed E-state index contributed by atoms with van der Waals surface area (Å²) in [6, 6.07) is 7.56. The SMILES string of the molecule is Cc1ccc(N2CCC(NC(=O)C3CCNCC3)C2=O)cc1.Cl. The van der Waals surface area contributed by atoms with Crippen molar-refractivity contribution >= 4 is 29.9 Å². The van der Waals surface area contributed by atoms with Crippen LogP contribution in [0.25, 0.3) is 0 Å². The maximum atomic E-state index is 12.5. The second-order valence-electron chi connectivity index (χ2n) is 6.20. The zero-order chi connectivity index (χ0) is 15.5. The summed E-state index contributed by atoms with van der Waals surface area (Å²) in [5.41, 5.74) is 2.08. The lowest BCUT2D eigenvalue weighted by molar-refractivity contribution is -0.129. The Kier molecular flexibility index (Phi) is 6.02. The van der Waals surface area contributed by atoms with Crippen molar-refractivity contribution in [2.75, 3.05) is 24.5 Å². The van der Waals surface area contributed by atoms with Crippen LogP contribution in [0.5, 0.6) is 0 Å². The number of hydrogen-bond donors (Lipinski definition) is 2. The summed E-state index contributed by atoms with van der Waals surface area (Å²) in [4.78, 5) is 26.6. The predicted octanol–water partition coefficient (Wildman–Crippen LogP) is 1.64. The summed E-state index contributed by atoms with van der Waals surface area (Å²) in [5.74, 6) is 0.0826. The number of carbonyl (C=O) groups is 2. The summed E-state index contributed by atoms with van der Waals surface area (Å²) < 4.78 is 0. The highest BCUT2D eigenvalue weighted by atomic mass is 35.5. The van der Waals surface area contributed by atoms with Crippen LogP contribution in [0.2, 0.25) is 0 Å². The fourth-order valence-electron chi connectivity index (χ4n) is 3.17. The molecule has 0 radical (unpaired) electrons. The Morgan fingerprint density at radius 1 is 1.17 bits per heavy atom. The molecule has 1 unspecified atom stereocenters. The van der Waals surface area contributed by atoms with E-state index >= 15 is 0 Å². The van der Waals surface area contributed by atoms with E-state index in [0.29, 0.717) is 13.0 Å². The van der Waals surface area contributed by atoms with E-state index in [4.69, 9.17) is 0 Å². The van der Waals surface area contributed by atoms with Crippen LogP contribution < -0.4 is 15.5 Å². The largest absolute Gasteiger partial charge is 0.344 e. The Labute approximate surface area is 143 Å². The van der Waals surface area contributed by atoms with Gasteiger partial charge >= 0.3 is 0 Å². The van der Waals surface area contributed by atoms with E-state index < -0.39 is 0 Å². The molecular formula is C17H24ClN3O2. The Morgan fingerprint density at radius 2 is 1.83 bits per heavy atom. The molecule has 3 rings (SSSR count). The minimum atomic E-state index is -0.372. The topological polar surface area (TPSA) is 61.4 Å². The third-order valence-corrected chi connectivity index (χ3v) is 4.58. The van der Waals surface area contributed by atoms with Crippen LogP contribution >= 0.6 is 12.4 Å². The van der Waals surface area contributed by atoms with E-state index in [1.54, 1.807) is 4.90 Å². The molecule has 2 aliphatic rings. The summed E-state index contributed by atoms with van der Waals surface area (Å²) >= 11 is 0. The van der Waals surface area contributed by atoms with Crippen LogP contribution in [0.4, 0.5) is 5.69 Å². The van der Waals surface area contributed by atoms with Crippen LogP contribution in [-0.2, 0) is 9.59 Å². The quantitative estimate of drug-likeness (QED) is 0.881. The number of aryl methyl sites for hydroxylation is 1. The monoisotopic (exact) mass is 337 g/mol. The van der Waals surface area contributed by atoms with Crippen LogP contribution in [0.1, 0.15) is 24.8 Å². The van der Waals surface area contributed by atoms with Crippen LogP contribution in [-0.4, -0.2) is 37.5 Å². The highest BCUT2D eigenvalue weighted by molar-refractivity contribution is 6.01. The van der Waals surface area contributed by atoms with Crippen LogP contribution in [0.15, 0.2) is 24.3 Å². The van der Waals surface area contributed by atoms with Gasteiger partial charge in [0.1, 0.15) is 6.04 Å². The molecule has 2 saturated heterocycles. The van der Waals surface area contributed by atoms with E-state index in [0.717, 1.165) is 31.6 Å². The minimum absolute atomic E-state index is 0. The average Bonchev–Trinajstić information content (AvgIpc) is 2.90. The molecule has 5 nitrogen and oxygen atoms in total. The molecule has 0 bridgehead atoms. The van der Waals surface area contributed by atoms with Crippen molar-refractivity contribution in [3.63, 3.8) is 0 Å². The van der Waals surface area contributed by atoms with E-state index in [2.05, 4.69) is 10.6 Å². The van der Waals surface area contributed by atoms with Crippen molar-refractivity contribution in [2.45, 2.75) is 32.2 Å². The third-order valence-electron chi connectivity index (χ3n) is 4.58. The van der Waals surface area contributed by atoms with Gasteiger partial charge in [0, 0.05) is 18.2 Å². The van der Waals surface area contributed by atoms with E-state index in [1.165, 1.54) is 5.56 Å². The standard InChI is InChI=1S/C17H23N3O2.ClH/c1-12-2-4-14(5-3-12)20-11-8-15(17(20)22)19-16(21)13-6-9-18-10-7-13;/h2-5,13,15,18H,6-11H2,1H3,(H,19,21);1H. The first-order valence-electron chi connectivity index (χ1n) is 8.04. The normalized spacial score (nSPS) is 21.9. The maximum absolute atomic E-state index is 12.5. The van der Waals surface area contributed by atoms with Crippen molar-refractivity contribution in [1.29, 1.82) is 0 Å². The second-order valence-corrected chi connectivity index (χ2v) is 6.20. The molecule has 2 heterocycles. The molecule has 0 saturated carbocycles. The van der Waals surface area contributed by atoms with Gasteiger partial charge in [-0.15, -0.1) is 12.4 Å². The van der Waals surface area contributed by atoms with Gasteiger partial charge in [0.15, 0.2) is 0 Å². The number of hydrogen-bond acceptors (Lipinski definition) is 3. The second kappa shape index (κ2) is 7.79. The number of nitrogens with zero attached hydrogens (tertiary/aromatic N) is 1. The Hall–Kier alpha value is -1.59. The Morgan fingerprint density at radius 3 is 2.48 bits per heavy atom. The fraction of sp³-hybridized carbons (Fsp3) is 0.529. The lowest BCUT2D eigenvalue weighted by Gasteiger charge is -2.23. The Bertz CT molecular complexity index is 555. The molecule has 126 valence electrons. The van der Waals surface area contributed by atoms with Gasteiger partial charge < -0.3 is 15.5 Å². The maximum Gasteiger partial charge on any atom is 0.249 e. The van der Waals surface area contributed by atoms with Gasteiger partial charge in [-0.25, -0.2) is 0 Å². The molecule has 2 fully saturated rings. The molecule has 0 aromatic heterocycles. The molecule has 2 amide bonds. The number of rotatable bonds is 3. The summed E-state index contributed by atoms with van der Waals surface area (Å²) in [6.07, 6.45) is 2.40. The molecule has 1 atom stereocenters. The molecule has 1 aromatic rings. The molecule has 1 aromatic carbocycles. The molecule has 2 N–H and O–H groups in total. The molecule has 6 heteroatoms. The van der Waals surface area contributed by atoms with Crippen LogP contribution in [0.3, 0.4) is 0 Å². The fourth-order valence-corrected chi connectivity index (χ4v) is 3.17. The number of anilines is 1. The van der Waals surface area contributed by atoms with Crippen molar-refractivity contribution in [2.24, 2.45) is 5.92 Å². The average molecular weight is 338 g/mol. The highest BCUT2D eigenvalue weighted by Crippen LogP contribution is 2.22. The lowest BCUT2D eigenvalue weighted by Crippen LogP contribution is -2.46. The minimum Gasteiger partial charge on any atom is -0.344 e. The van der Waals surface area contributed by atoms with E-state index in [9.17, 15) is 9.59 Å². The van der Waals surface area contributed by atoms with Gasteiger partial charge in [0.25, 0.3) is 0 Å². The van der Waals surface area contributed by atoms with Crippen molar-refractivity contribution in [3.8, 4) is 0 Å². The highest BCUT2D eigenvalue weighted by Gasteiger charge is 2.35. The van der Waals surface area contributed by atoms with Gasteiger partial charge in [-0.05, 0) is 51.4 Å². The third kappa shape index (κ3) is 4.03. The van der Waals surface area contributed by atoms with Crippen LogP contribution in [0, 0.1) is 12.8 Å². The smallest absolute Gasteiger partial charge is 0.249 e. The first kappa shape index (κ1) is 17.8. The van der Waals surface area contributed by atoms with Gasteiger partial charge in [0.05, 0.1) is 0 Å². The number of amides is 2. The Balaban J connectivity index is 0.00000192. The predicted molar refractivity (Wildman–Crippen MR) is 92.9 cm³/mol. The molecule has 23 heavy (non-hydrogen) atoms. The van der Waals surface area contributed by atoms with Crippen molar-refractivity contribution < 1.29 is 9.59 Å². The lowest BCUT2D eigenvalue weighted by atomic mass is 9.97.